The summed E-state index contributed by atoms with van der Waals surface area (Å²) in [6.07, 6.45) is 2.85. The molecule has 4 aromatic rings. The maximum Gasteiger partial charge on any atom is 0.326 e. The Balaban J connectivity index is 1.60. The van der Waals surface area contributed by atoms with Gasteiger partial charge in [-0.05, 0) is 47.9 Å². The molecule has 0 aliphatic carbocycles. The van der Waals surface area contributed by atoms with E-state index < -0.39 is 90.7 Å². The molecule has 0 fully saturated rings. The SMILES string of the molecule is CC(C)C[C@H](NC(=O)[C@H](Cc1c[nH]c2ccccc12)NC(=O)[C@H](CO)NC(=O)[C@H](Cc1c[nH]c2ccccc12)NC(=O)[C@H](CC(N)=O)NC(=O)[C@@H](N)CC(C)C)C(=O)O. The number of hydrogen-bond acceptors (Lipinski definition) is 9. The standard InChI is InChI=1S/C41H55N9O9/c1-21(2)13-27(42)36(53)46-32(17-35(43)52)39(56)47-31(16-24-19-45-29-12-8-6-10-26(24)29)38(55)50-34(20-51)40(57)48-30(37(54)49-33(41(58)59)14-22(3)4)15-23-18-44-28-11-7-5-9-25(23)28/h5-12,18-19,21-22,27,30-34,44-45,51H,13-17,20,42H2,1-4H3,(H2,43,52)(H,46,53)(H,47,56)(H,48,57)(H,49,54)(H,50,55)(H,58,59)/t27-,30-,31-,32-,33-,34-/m0/s1. The largest absolute Gasteiger partial charge is 0.480 e. The molecule has 6 amide bonds. The van der Waals surface area contributed by atoms with Crippen LogP contribution in [0.25, 0.3) is 21.8 Å². The molecule has 0 bridgehead atoms. The second-order valence-corrected chi connectivity index (χ2v) is 15.5. The maximum atomic E-state index is 14.1. The number of nitrogens with two attached hydrogens (primary N) is 2. The minimum absolute atomic E-state index is 0.0461. The number of carbonyl (C=O) groups excluding carboxylic acids is 6. The quantitative estimate of drug-likeness (QED) is 0.0513. The minimum Gasteiger partial charge on any atom is -0.480 e. The summed E-state index contributed by atoms with van der Waals surface area (Å²) in [7, 11) is 0. The molecular weight excluding hydrogens is 763 g/mol. The highest BCUT2D eigenvalue weighted by molar-refractivity contribution is 5.98. The number of carboxylic acid groups (broad SMARTS) is 1. The van der Waals surface area contributed by atoms with E-state index in [4.69, 9.17) is 11.5 Å². The molecule has 13 N–H and O–H groups in total. The highest BCUT2D eigenvalue weighted by Gasteiger charge is 2.34. The van der Waals surface area contributed by atoms with Gasteiger partial charge in [0.1, 0.15) is 30.2 Å². The number of aromatic amines is 2. The van der Waals surface area contributed by atoms with Gasteiger partial charge in [-0.2, -0.15) is 0 Å². The van der Waals surface area contributed by atoms with Gasteiger partial charge in [-0.1, -0.05) is 64.1 Å². The van der Waals surface area contributed by atoms with E-state index in [0.29, 0.717) is 11.1 Å². The number of primary amides is 1. The number of hydrogen-bond donors (Lipinski definition) is 11. The fourth-order valence-electron chi connectivity index (χ4n) is 6.74. The summed E-state index contributed by atoms with van der Waals surface area (Å²) >= 11 is 0. The molecule has 2 aromatic heterocycles. The van der Waals surface area contributed by atoms with Crippen LogP contribution in [-0.4, -0.2) is 104 Å². The van der Waals surface area contributed by atoms with Crippen LogP contribution in [0.3, 0.4) is 0 Å². The molecule has 0 aliphatic heterocycles. The Kier molecular flexibility index (Phi) is 16.1. The first-order valence-corrected chi connectivity index (χ1v) is 19.5. The van der Waals surface area contributed by atoms with Crippen LogP contribution in [0, 0.1) is 11.8 Å². The number of aliphatic carboxylic acids is 1. The van der Waals surface area contributed by atoms with Crippen LogP contribution in [0.5, 0.6) is 0 Å². The molecule has 59 heavy (non-hydrogen) atoms. The molecule has 318 valence electrons. The number of aliphatic hydroxyl groups is 1. The number of aromatic nitrogens is 2. The third-order valence-corrected chi connectivity index (χ3v) is 9.70. The summed E-state index contributed by atoms with van der Waals surface area (Å²) in [5.41, 5.74) is 14.1. The van der Waals surface area contributed by atoms with Gasteiger partial charge in [0.2, 0.25) is 35.4 Å². The topological polar surface area (TPSA) is 304 Å². The molecule has 0 radical (unpaired) electrons. The van der Waals surface area contributed by atoms with Crippen molar-refractivity contribution in [2.24, 2.45) is 23.3 Å². The highest BCUT2D eigenvalue weighted by Crippen LogP contribution is 2.21. The number of benzene rings is 2. The summed E-state index contributed by atoms with van der Waals surface area (Å²) in [5.74, 6) is -6.58. The van der Waals surface area contributed by atoms with Gasteiger partial charge < -0.3 is 58.2 Å². The molecule has 0 saturated heterocycles. The molecule has 0 unspecified atom stereocenters. The molecule has 6 atom stereocenters. The molecule has 0 aliphatic rings. The number of fused-ring (bicyclic) bond motifs is 2. The second-order valence-electron chi connectivity index (χ2n) is 15.5. The Morgan fingerprint density at radius 3 is 1.44 bits per heavy atom. The smallest absolute Gasteiger partial charge is 0.326 e. The molecule has 2 heterocycles. The lowest BCUT2D eigenvalue weighted by Crippen LogP contribution is -2.60. The lowest BCUT2D eigenvalue weighted by molar-refractivity contribution is -0.142. The normalized spacial score (nSPS) is 14.5. The van der Waals surface area contributed by atoms with Gasteiger partial charge in [0, 0.05) is 47.0 Å². The van der Waals surface area contributed by atoms with E-state index in [2.05, 4.69) is 36.6 Å². The number of carbonyl (C=O) groups is 7. The number of aliphatic hydroxyl groups excluding tert-OH is 1. The fourth-order valence-corrected chi connectivity index (χ4v) is 6.74. The number of H-pyrrole nitrogens is 2. The molecular formula is C41H55N9O9. The Morgan fingerprint density at radius 2 is 1.00 bits per heavy atom. The molecule has 0 saturated carbocycles. The van der Waals surface area contributed by atoms with E-state index in [9.17, 15) is 43.8 Å². The van der Waals surface area contributed by atoms with Gasteiger partial charge in [0.05, 0.1) is 19.1 Å². The number of carboxylic acids is 1. The van der Waals surface area contributed by atoms with Crippen LogP contribution >= 0.6 is 0 Å². The van der Waals surface area contributed by atoms with Gasteiger partial charge in [-0.15, -0.1) is 0 Å². The summed E-state index contributed by atoms with van der Waals surface area (Å²) in [6.45, 7) is 6.37. The summed E-state index contributed by atoms with van der Waals surface area (Å²) in [4.78, 5) is 98.6. The average molecular weight is 818 g/mol. The van der Waals surface area contributed by atoms with E-state index in [1.165, 1.54) is 0 Å². The zero-order chi connectivity index (χ0) is 43.4. The number of amides is 6. The Hall–Kier alpha value is -6.27. The van der Waals surface area contributed by atoms with Crippen LogP contribution < -0.4 is 38.1 Å². The lowest BCUT2D eigenvalue weighted by atomic mass is 10.0. The highest BCUT2D eigenvalue weighted by atomic mass is 16.4. The Morgan fingerprint density at radius 1 is 0.593 bits per heavy atom. The van der Waals surface area contributed by atoms with Crippen molar-refractivity contribution in [3.05, 3.63) is 72.1 Å². The van der Waals surface area contributed by atoms with Gasteiger partial charge in [0.15, 0.2) is 0 Å². The predicted octanol–water partition coefficient (Wildman–Crippen LogP) is 0.230. The number of rotatable bonds is 22. The van der Waals surface area contributed by atoms with E-state index in [-0.39, 0.29) is 37.5 Å². The maximum absolute atomic E-state index is 14.1. The van der Waals surface area contributed by atoms with Crippen molar-refractivity contribution in [1.29, 1.82) is 0 Å². The number of nitrogens with one attached hydrogen (secondary N) is 7. The van der Waals surface area contributed by atoms with Gasteiger partial charge in [-0.25, -0.2) is 4.79 Å². The van der Waals surface area contributed by atoms with Gasteiger partial charge in [-0.3, -0.25) is 28.8 Å². The number of para-hydroxylation sites is 2. The fraction of sp³-hybridized carbons (Fsp3) is 0.439. The average Bonchev–Trinajstić information content (AvgIpc) is 3.78. The van der Waals surface area contributed by atoms with Crippen molar-refractivity contribution in [2.75, 3.05) is 6.61 Å². The molecule has 0 spiro atoms. The Labute approximate surface area is 341 Å². The molecule has 18 heteroatoms. The van der Waals surface area contributed by atoms with E-state index in [0.717, 1.165) is 21.8 Å². The van der Waals surface area contributed by atoms with Crippen molar-refractivity contribution in [3.8, 4) is 0 Å². The molecule has 18 nitrogen and oxygen atoms in total. The molecule has 2 aromatic carbocycles. The van der Waals surface area contributed by atoms with Crippen LogP contribution in [0.15, 0.2) is 60.9 Å². The van der Waals surface area contributed by atoms with Crippen LogP contribution in [0.2, 0.25) is 0 Å². The third kappa shape index (κ3) is 12.9. The first kappa shape index (κ1) is 45.4. The predicted molar refractivity (Wildman–Crippen MR) is 219 cm³/mol. The van der Waals surface area contributed by atoms with E-state index in [1.807, 2.05) is 38.1 Å². The van der Waals surface area contributed by atoms with Crippen molar-refractivity contribution >= 4 is 63.2 Å². The zero-order valence-corrected chi connectivity index (χ0v) is 33.5. The third-order valence-electron chi connectivity index (χ3n) is 9.70. The van der Waals surface area contributed by atoms with Crippen LogP contribution in [0.1, 0.15) is 58.1 Å². The summed E-state index contributed by atoms with van der Waals surface area (Å²) in [6, 6.07) is 6.20. The monoisotopic (exact) mass is 817 g/mol. The first-order chi connectivity index (χ1) is 28.0. The van der Waals surface area contributed by atoms with Crippen molar-refractivity contribution in [3.63, 3.8) is 0 Å². The van der Waals surface area contributed by atoms with Crippen LogP contribution in [-0.2, 0) is 46.4 Å². The van der Waals surface area contributed by atoms with Crippen LogP contribution in [0.4, 0.5) is 0 Å². The van der Waals surface area contributed by atoms with Gasteiger partial charge >= 0.3 is 5.97 Å². The Bertz CT molecular complexity index is 2130. The van der Waals surface area contributed by atoms with Gasteiger partial charge in [0.25, 0.3) is 0 Å². The molecule has 4 rings (SSSR count). The minimum atomic E-state index is -1.66. The van der Waals surface area contributed by atoms with E-state index in [1.54, 1.807) is 50.5 Å². The van der Waals surface area contributed by atoms with Crippen molar-refractivity contribution < 1.29 is 43.8 Å². The van der Waals surface area contributed by atoms with Crippen molar-refractivity contribution in [2.45, 2.75) is 96.1 Å². The summed E-state index contributed by atoms with van der Waals surface area (Å²) < 4.78 is 0. The zero-order valence-electron chi connectivity index (χ0n) is 33.5. The first-order valence-electron chi connectivity index (χ1n) is 19.5. The second kappa shape index (κ2) is 20.9. The van der Waals surface area contributed by atoms with Crippen molar-refractivity contribution in [1.82, 2.24) is 36.6 Å². The van der Waals surface area contributed by atoms with E-state index >= 15 is 0 Å². The summed E-state index contributed by atoms with van der Waals surface area (Å²) in [5, 5.41) is 34.3. The lowest BCUT2D eigenvalue weighted by Gasteiger charge is -2.26.